The van der Waals surface area contributed by atoms with Gasteiger partial charge in [0, 0.05) is 0 Å². The first kappa shape index (κ1) is 9.76. The van der Waals surface area contributed by atoms with Crippen molar-refractivity contribution in [2.45, 2.75) is 52.9 Å². The monoisotopic (exact) mass is 188 g/mol. The maximum atomic E-state index is 2.43. The summed E-state index contributed by atoms with van der Waals surface area (Å²) in [4.78, 5) is 0. The molecule has 0 aromatic heterocycles. The van der Waals surface area contributed by atoms with Crippen molar-refractivity contribution < 1.29 is 0 Å². The smallest absolute Gasteiger partial charge is 0.0158 e. The molecular weight excluding hydrogens is 168 g/mol. The molecule has 0 spiro atoms. The number of aryl methyl sites for hydroxylation is 1. The van der Waals surface area contributed by atoms with Crippen LogP contribution in [0.4, 0.5) is 0 Å². The molecule has 0 aliphatic heterocycles. The Balaban J connectivity index is 2.58. The second-order valence-electron chi connectivity index (χ2n) is 4.66. The Kier molecular flexibility index (Phi) is 2.38. The van der Waals surface area contributed by atoms with Crippen LogP contribution in [0.2, 0.25) is 0 Å². The molecule has 14 heavy (non-hydrogen) atoms. The highest BCUT2D eigenvalue weighted by Crippen LogP contribution is 2.38. The second kappa shape index (κ2) is 3.42. The van der Waals surface area contributed by atoms with Crippen LogP contribution in [-0.4, -0.2) is 0 Å². The van der Waals surface area contributed by atoms with Crippen LogP contribution in [0.15, 0.2) is 6.07 Å². The van der Waals surface area contributed by atoms with Gasteiger partial charge in [-0.1, -0.05) is 13.0 Å². The lowest BCUT2D eigenvalue weighted by Gasteiger charge is -2.14. The summed E-state index contributed by atoms with van der Waals surface area (Å²) in [5, 5.41) is 0. The zero-order chi connectivity index (χ0) is 10.3. The maximum Gasteiger partial charge on any atom is -0.0158 e. The minimum absolute atomic E-state index is 0.836. The molecule has 0 amide bonds. The Morgan fingerprint density at radius 2 is 1.93 bits per heavy atom. The quantitative estimate of drug-likeness (QED) is 0.623. The molecule has 76 valence electrons. The minimum atomic E-state index is 0.836. The van der Waals surface area contributed by atoms with Gasteiger partial charge in [0.15, 0.2) is 0 Å². The molecule has 1 atom stereocenters. The summed E-state index contributed by atoms with van der Waals surface area (Å²) in [5.41, 5.74) is 7.83. The Hall–Kier alpha value is -0.780. The number of fused-ring (bicyclic) bond motifs is 1. The molecule has 1 aliphatic carbocycles. The summed E-state index contributed by atoms with van der Waals surface area (Å²) in [7, 11) is 0. The third-order valence-electron chi connectivity index (χ3n) is 4.00. The number of hydrogen-bond donors (Lipinski definition) is 0. The number of benzene rings is 1. The first-order valence-electron chi connectivity index (χ1n) is 5.74. The number of rotatable bonds is 1. The fourth-order valence-electron chi connectivity index (χ4n) is 2.76. The Bertz CT molecular complexity index is 361. The van der Waals surface area contributed by atoms with E-state index in [-0.39, 0.29) is 0 Å². The highest BCUT2D eigenvalue weighted by Gasteiger charge is 2.23. The van der Waals surface area contributed by atoms with Crippen LogP contribution in [0.3, 0.4) is 0 Å². The third-order valence-corrected chi connectivity index (χ3v) is 4.00. The predicted molar refractivity (Wildman–Crippen MR) is 62.0 cm³/mol. The highest BCUT2D eigenvalue weighted by atomic mass is 14.3. The van der Waals surface area contributed by atoms with Crippen LogP contribution in [-0.2, 0) is 6.42 Å². The van der Waals surface area contributed by atoms with Gasteiger partial charge in [-0.2, -0.15) is 0 Å². The first-order chi connectivity index (χ1) is 6.65. The zero-order valence-corrected chi connectivity index (χ0v) is 9.78. The van der Waals surface area contributed by atoms with Crippen LogP contribution >= 0.6 is 0 Å². The van der Waals surface area contributed by atoms with Crippen molar-refractivity contribution in [3.05, 3.63) is 33.9 Å². The van der Waals surface area contributed by atoms with E-state index in [0.29, 0.717) is 0 Å². The van der Waals surface area contributed by atoms with Gasteiger partial charge in [0.25, 0.3) is 0 Å². The van der Waals surface area contributed by atoms with E-state index in [1.807, 2.05) is 0 Å². The van der Waals surface area contributed by atoms with E-state index in [0.717, 1.165) is 5.92 Å². The van der Waals surface area contributed by atoms with Crippen LogP contribution in [0.5, 0.6) is 0 Å². The molecule has 0 N–H and O–H groups in total. The van der Waals surface area contributed by atoms with Gasteiger partial charge in [0.1, 0.15) is 0 Å². The fourth-order valence-corrected chi connectivity index (χ4v) is 2.76. The Labute approximate surface area is 87.3 Å². The van der Waals surface area contributed by atoms with Gasteiger partial charge in [-0.05, 0) is 73.8 Å². The molecular formula is C14H20. The van der Waals surface area contributed by atoms with Crippen LogP contribution < -0.4 is 0 Å². The molecule has 0 heteroatoms. The van der Waals surface area contributed by atoms with Crippen molar-refractivity contribution >= 4 is 0 Å². The molecule has 1 aromatic rings. The molecule has 0 fully saturated rings. The van der Waals surface area contributed by atoms with Crippen LogP contribution in [0.1, 0.15) is 53.5 Å². The molecule has 1 aromatic carbocycles. The van der Waals surface area contributed by atoms with Crippen molar-refractivity contribution in [1.29, 1.82) is 0 Å². The van der Waals surface area contributed by atoms with Gasteiger partial charge in [-0.25, -0.2) is 0 Å². The maximum absolute atomic E-state index is 2.43. The van der Waals surface area contributed by atoms with Gasteiger partial charge >= 0.3 is 0 Å². The van der Waals surface area contributed by atoms with Crippen molar-refractivity contribution in [1.82, 2.24) is 0 Å². The number of hydrogen-bond acceptors (Lipinski definition) is 0. The van der Waals surface area contributed by atoms with Crippen LogP contribution in [0, 0.1) is 20.8 Å². The third kappa shape index (κ3) is 1.28. The van der Waals surface area contributed by atoms with Crippen LogP contribution in [0.25, 0.3) is 0 Å². The predicted octanol–water partition coefficient (Wildman–Crippen LogP) is 4.05. The van der Waals surface area contributed by atoms with E-state index in [4.69, 9.17) is 0 Å². The van der Waals surface area contributed by atoms with E-state index in [9.17, 15) is 0 Å². The molecule has 1 unspecified atom stereocenters. The molecule has 0 saturated carbocycles. The SMILES string of the molecule is CCC1CCc2c1cc(C)c(C)c2C. The molecule has 0 nitrogen and oxygen atoms in total. The van der Waals surface area contributed by atoms with E-state index in [2.05, 4.69) is 33.8 Å². The van der Waals surface area contributed by atoms with E-state index in [1.54, 1.807) is 16.7 Å². The second-order valence-corrected chi connectivity index (χ2v) is 4.66. The summed E-state index contributed by atoms with van der Waals surface area (Å²) >= 11 is 0. The summed E-state index contributed by atoms with van der Waals surface area (Å²) in [6.45, 7) is 9.10. The van der Waals surface area contributed by atoms with Crippen molar-refractivity contribution in [2.24, 2.45) is 0 Å². The van der Waals surface area contributed by atoms with E-state index in [1.165, 1.54) is 30.4 Å². The fraction of sp³-hybridized carbons (Fsp3) is 0.571. The molecule has 0 heterocycles. The molecule has 1 aliphatic rings. The van der Waals surface area contributed by atoms with Gasteiger partial charge in [-0.3, -0.25) is 0 Å². The molecule has 0 bridgehead atoms. The minimum Gasteiger partial charge on any atom is -0.0648 e. The average Bonchev–Trinajstić information content (AvgIpc) is 2.57. The lowest BCUT2D eigenvalue weighted by atomic mass is 9.92. The normalized spacial score (nSPS) is 19.9. The lowest BCUT2D eigenvalue weighted by Crippen LogP contribution is -1.97. The van der Waals surface area contributed by atoms with Crippen molar-refractivity contribution in [2.75, 3.05) is 0 Å². The van der Waals surface area contributed by atoms with Crippen molar-refractivity contribution in [3.63, 3.8) is 0 Å². The van der Waals surface area contributed by atoms with Gasteiger partial charge in [0.2, 0.25) is 0 Å². The van der Waals surface area contributed by atoms with Crippen molar-refractivity contribution in [3.8, 4) is 0 Å². The summed E-state index contributed by atoms with van der Waals surface area (Å²) in [6.07, 6.45) is 3.98. The first-order valence-corrected chi connectivity index (χ1v) is 5.74. The van der Waals surface area contributed by atoms with E-state index >= 15 is 0 Å². The Morgan fingerprint density at radius 1 is 1.21 bits per heavy atom. The standard InChI is InChI=1S/C14H20/c1-5-12-6-7-13-11(4)10(3)9(2)8-14(12)13/h8,12H,5-7H2,1-4H3. The highest BCUT2D eigenvalue weighted by molar-refractivity contribution is 5.48. The summed E-state index contributed by atoms with van der Waals surface area (Å²) < 4.78 is 0. The topological polar surface area (TPSA) is 0 Å². The largest absolute Gasteiger partial charge is 0.0648 e. The summed E-state index contributed by atoms with van der Waals surface area (Å²) in [5.74, 6) is 0.836. The average molecular weight is 188 g/mol. The van der Waals surface area contributed by atoms with Gasteiger partial charge in [0.05, 0.1) is 0 Å². The molecule has 0 saturated heterocycles. The van der Waals surface area contributed by atoms with Gasteiger partial charge in [-0.15, -0.1) is 0 Å². The lowest BCUT2D eigenvalue weighted by molar-refractivity contribution is 0.656. The zero-order valence-electron chi connectivity index (χ0n) is 9.78. The van der Waals surface area contributed by atoms with Gasteiger partial charge < -0.3 is 0 Å². The molecule has 0 radical (unpaired) electrons. The summed E-state index contributed by atoms with van der Waals surface area (Å²) in [6, 6.07) is 2.43. The Morgan fingerprint density at radius 3 is 2.57 bits per heavy atom. The molecule has 2 rings (SSSR count). The van der Waals surface area contributed by atoms with E-state index < -0.39 is 0 Å².